The molecule has 2 aromatic rings. The van der Waals surface area contributed by atoms with Crippen LogP contribution in [0.25, 0.3) is 0 Å². The molecule has 0 N–H and O–H groups in total. The molecule has 0 aliphatic heterocycles. The van der Waals surface area contributed by atoms with E-state index >= 15 is 0 Å². The molecule has 0 bridgehead atoms. The molecule has 0 saturated heterocycles. The molecule has 20 heavy (non-hydrogen) atoms. The first-order valence-electron chi connectivity index (χ1n) is 6.21. The topological polar surface area (TPSA) is 26.3 Å². The Morgan fingerprint density at radius 3 is 2.80 bits per heavy atom. The van der Waals surface area contributed by atoms with Gasteiger partial charge in [-0.3, -0.25) is 4.79 Å². The first kappa shape index (κ1) is 15.5. The molecule has 1 aromatic carbocycles. The maximum Gasteiger partial charge on any atom is 0.192 e. The molecule has 0 aliphatic carbocycles. The van der Waals surface area contributed by atoms with Gasteiger partial charge in [0.25, 0.3) is 0 Å². The second-order valence-corrected chi connectivity index (χ2v) is 6.21. The molecular weight excluding hydrogens is 315 g/mol. The van der Waals surface area contributed by atoms with Crippen LogP contribution in [0.3, 0.4) is 0 Å². The van der Waals surface area contributed by atoms with Crippen molar-refractivity contribution in [3.05, 3.63) is 56.2 Å². The highest BCUT2D eigenvalue weighted by Crippen LogP contribution is 2.22. The van der Waals surface area contributed by atoms with Crippen LogP contribution >= 0.6 is 34.5 Å². The van der Waals surface area contributed by atoms with Crippen LogP contribution in [0.5, 0.6) is 0 Å². The average Bonchev–Trinajstić information content (AvgIpc) is 2.91. The van der Waals surface area contributed by atoms with Gasteiger partial charge < -0.3 is 4.74 Å². The quantitative estimate of drug-likeness (QED) is 0.706. The normalized spacial score (nSPS) is 12.3. The highest BCUT2D eigenvalue weighted by Gasteiger charge is 2.18. The molecule has 1 atom stereocenters. The number of Topliss-reactive ketones (excluding diaryl/α,β-unsaturated/α-hetero) is 1. The van der Waals surface area contributed by atoms with Crippen molar-refractivity contribution in [2.24, 2.45) is 0 Å². The second-order valence-electron chi connectivity index (χ2n) is 4.33. The SMILES string of the molecule is CC(OCCc1cccs1)C(=O)c1ccc(Cl)cc1Cl. The Kier molecular flexibility index (Phi) is 5.61. The van der Waals surface area contributed by atoms with Crippen molar-refractivity contribution in [2.45, 2.75) is 19.4 Å². The number of carbonyl (C=O) groups is 1. The van der Waals surface area contributed by atoms with Crippen LogP contribution in [-0.4, -0.2) is 18.5 Å². The highest BCUT2D eigenvalue weighted by atomic mass is 35.5. The van der Waals surface area contributed by atoms with Gasteiger partial charge in [-0.1, -0.05) is 29.3 Å². The number of thiophene rings is 1. The molecule has 106 valence electrons. The fraction of sp³-hybridized carbons (Fsp3) is 0.267. The van der Waals surface area contributed by atoms with Crippen LogP contribution in [0.2, 0.25) is 10.0 Å². The maximum absolute atomic E-state index is 12.2. The number of hydrogen-bond donors (Lipinski definition) is 0. The van der Waals surface area contributed by atoms with Crippen LogP contribution in [0.4, 0.5) is 0 Å². The standard InChI is InChI=1S/C15H14Cl2O2S/c1-10(19-7-6-12-3-2-8-20-12)15(18)13-5-4-11(16)9-14(13)17/h2-5,8-10H,6-7H2,1H3. The summed E-state index contributed by atoms with van der Waals surface area (Å²) in [4.78, 5) is 13.5. The van der Waals surface area contributed by atoms with Crippen molar-refractivity contribution < 1.29 is 9.53 Å². The van der Waals surface area contributed by atoms with Crippen LogP contribution < -0.4 is 0 Å². The van der Waals surface area contributed by atoms with E-state index in [-0.39, 0.29) is 5.78 Å². The second kappa shape index (κ2) is 7.23. The lowest BCUT2D eigenvalue weighted by atomic mass is 10.1. The van der Waals surface area contributed by atoms with Crippen molar-refractivity contribution in [3.8, 4) is 0 Å². The van der Waals surface area contributed by atoms with E-state index in [1.54, 1.807) is 36.5 Å². The zero-order chi connectivity index (χ0) is 14.5. The third kappa shape index (κ3) is 4.06. The zero-order valence-electron chi connectivity index (χ0n) is 10.9. The molecule has 1 heterocycles. The van der Waals surface area contributed by atoms with E-state index in [2.05, 4.69) is 6.07 Å². The lowest BCUT2D eigenvalue weighted by Crippen LogP contribution is -2.22. The third-order valence-corrected chi connectivity index (χ3v) is 4.35. The van der Waals surface area contributed by atoms with Gasteiger partial charge in [-0.05, 0) is 36.6 Å². The van der Waals surface area contributed by atoms with Gasteiger partial charge in [0.15, 0.2) is 5.78 Å². The highest BCUT2D eigenvalue weighted by molar-refractivity contribution is 7.09. The summed E-state index contributed by atoms with van der Waals surface area (Å²) in [6.07, 6.45) is 0.289. The summed E-state index contributed by atoms with van der Waals surface area (Å²) in [5, 5.41) is 2.89. The van der Waals surface area contributed by atoms with Crippen LogP contribution in [0, 0.1) is 0 Å². The van der Waals surface area contributed by atoms with E-state index in [1.807, 2.05) is 11.4 Å². The Morgan fingerprint density at radius 2 is 2.15 bits per heavy atom. The van der Waals surface area contributed by atoms with Gasteiger partial charge in [0.05, 0.1) is 11.6 Å². The van der Waals surface area contributed by atoms with Gasteiger partial charge in [0.2, 0.25) is 0 Å². The van der Waals surface area contributed by atoms with E-state index < -0.39 is 6.10 Å². The Morgan fingerprint density at radius 1 is 1.35 bits per heavy atom. The van der Waals surface area contributed by atoms with E-state index in [9.17, 15) is 4.79 Å². The summed E-state index contributed by atoms with van der Waals surface area (Å²) in [5.74, 6) is -0.127. The van der Waals surface area contributed by atoms with Crippen molar-refractivity contribution in [3.63, 3.8) is 0 Å². The van der Waals surface area contributed by atoms with Crippen molar-refractivity contribution in [1.29, 1.82) is 0 Å². The first-order chi connectivity index (χ1) is 9.58. The van der Waals surface area contributed by atoms with Crippen LogP contribution in [0.15, 0.2) is 35.7 Å². The minimum absolute atomic E-state index is 0.127. The van der Waals surface area contributed by atoms with Gasteiger partial charge in [0.1, 0.15) is 6.10 Å². The monoisotopic (exact) mass is 328 g/mol. The third-order valence-electron chi connectivity index (χ3n) is 2.86. The van der Waals surface area contributed by atoms with Crippen molar-refractivity contribution in [2.75, 3.05) is 6.61 Å². The molecule has 2 rings (SSSR count). The number of ether oxygens (including phenoxy) is 1. The fourth-order valence-corrected chi connectivity index (χ4v) is 2.97. The van der Waals surface area contributed by atoms with Gasteiger partial charge in [0, 0.05) is 21.9 Å². The Bertz CT molecular complexity index is 582. The summed E-state index contributed by atoms with van der Waals surface area (Å²) >= 11 is 13.5. The van der Waals surface area contributed by atoms with Crippen LogP contribution in [-0.2, 0) is 11.2 Å². The van der Waals surface area contributed by atoms with E-state index in [0.717, 1.165) is 6.42 Å². The smallest absolute Gasteiger partial charge is 0.192 e. The number of halogens is 2. The lowest BCUT2D eigenvalue weighted by molar-refractivity contribution is 0.0488. The molecule has 2 nitrogen and oxygen atoms in total. The van der Waals surface area contributed by atoms with Gasteiger partial charge >= 0.3 is 0 Å². The van der Waals surface area contributed by atoms with Gasteiger partial charge in [-0.2, -0.15) is 0 Å². The summed E-state index contributed by atoms with van der Waals surface area (Å²) in [6.45, 7) is 2.25. The molecule has 0 saturated carbocycles. The predicted molar refractivity (Wildman–Crippen MR) is 84.2 cm³/mol. The summed E-state index contributed by atoms with van der Waals surface area (Å²) in [5.41, 5.74) is 0.444. The molecule has 1 aromatic heterocycles. The minimum Gasteiger partial charge on any atom is -0.370 e. The number of hydrogen-bond acceptors (Lipinski definition) is 3. The van der Waals surface area contributed by atoms with E-state index in [0.29, 0.717) is 22.2 Å². The Labute approximate surface area is 132 Å². The molecular formula is C15H14Cl2O2S. The largest absolute Gasteiger partial charge is 0.370 e. The number of ketones is 1. The Hall–Kier alpha value is -0.870. The Balaban J connectivity index is 1.91. The molecule has 0 spiro atoms. The van der Waals surface area contributed by atoms with Gasteiger partial charge in [-0.25, -0.2) is 0 Å². The average molecular weight is 329 g/mol. The zero-order valence-corrected chi connectivity index (χ0v) is 13.3. The van der Waals surface area contributed by atoms with Crippen LogP contribution in [0.1, 0.15) is 22.2 Å². The lowest BCUT2D eigenvalue weighted by Gasteiger charge is -2.12. The minimum atomic E-state index is -0.520. The first-order valence-corrected chi connectivity index (χ1v) is 7.84. The fourth-order valence-electron chi connectivity index (χ4n) is 1.78. The van der Waals surface area contributed by atoms with E-state index in [4.69, 9.17) is 27.9 Å². The summed E-state index contributed by atoms with van der Waals surface area (Å²) in [7, 11) is 0. The summed E-state index contributed by atoms with van der Waals surface area (Å²) < 4.78 is 5.58. The molecule has 0 radical (unpaired) electrons. The number of carbonyl (C=O) groups excluding carboxylic acids is 1. The van der Waals surface area contributed by atoms with Crippen molar-refractivity contribution >= 4 is 40.3 Å². The molecule has 0 fully saturated rings. The van der Waals surface area contributed by atoms with E-state index in [1.165, 1.54) is 4.88 Å². The maximum atomic E-state index is 12.2. The van der Waals surface area contributed by atoms with Crippen molar-refractivity contribution in [1.82, 2.24) is 0 Å². The van der Waals surface area contributed by atoms with Gasteiger partial charge in [-0.15, -0.1) is 11.3 Å². The molecule has 0 amide bonds. The number of benzene rings is 1. The number of rotatable bonds is 6. The summed E-state index contributed by atoms with van der Waals surface area (Å²) in [6, 6.07) is 8.90. The predicted octanol–water partition coefficient (Wildman–Crippen LogP) is 4.89. The molecule has 1 unspecified atom stereocenters. The molecule has 5 heteroatoms. The molecule has 0 aliphatic rings.